The molecule has 0 bridgehead atoms. The van der Waals surface area contributed by atoms with Gasteiger partial charge in [0.15, 0.2) is 4.80 Å². The number of ether oxygens (including phenoxy) is 1. The number of aromatic nitrogens is 1. The lowest BCUT2D eigenvalue weighted by molar-refractivity contribution is -0.143. The molecule has 0 unspecified atom stereocenters. The lowest BCUT2D eigenvalue weighted by Gasteiger charge is -2.05. The second kappa shape index (κ2) is 11.5. The summed E-state index contributed by atoms with van der Waals surface area (Å²) in [6.45, 7) is 2.13. The molecule has 0 radical (unpaired) electrons. The van der Waals surface area contributed by atoms with Gasteiger partial charge in [0.25, 0.3) is 0 Å². The average molecular weight is 507 g/mol. The van der Waals surface area contributed by atoms with Gasteiger partial charge in [-0.1, -0.05) is 57.6 Å². The van der Waals surface area contributed by atoms with Crippen LogP contribution in [0.25, 0.3) is 10.2 Å². The number of esters is 1. The second-order valence-electron chi connectivity index (χ2n) is 6.54. The molecule has 1 amide bonds. The van der Waals surface area contributed by atoms with Crippen LogP contribution < -0.4 is 4.80 Å². The van der Waals surface area contributed by atoms with E-state index in [-0.39, 0.29) is 18.4 Å². The van der Waals surface area contributed by atoms with Gasteiger partial charge in [-0.05, 0) is 42.9 Å². The SMILES string of the molecule is CCOC(=O)Cn1c(=NC(=O)CCCSCc2ccccc2)sc2cc(Br)ccc21. The predicted octanol–water partition coefficient (Wildman–Crippen LogP) is 5.17. The molecule has 3 rings (SSSR count). The van der Waals surface area contributed by atoms with E-state index in [1.165, 1.54) is 16.9 Å². The van der Waals surface area contributed by atoms with Gasteiger partial charge in [-0.3, -0.25) is 9.59 Å². The Hall–Kier alpha value is -1.90. The lowest BCUT2D eigenvalue weighted by atomic mass is 10.2. The van der Waals surface area contributed by atoms with E-state index in [1.807, 2.05) is 48.2 Å². The summed E-state index contributed by atoms with van der Waals surface area (Å²) >= 11 is 6.68. The molecule has 30 heavy (non-hydrogen) atoms. The van der Waals surface area contributed by atoms with Gasteiger partial charge in [-0.25, -0.2) is 0 Å². The first-order valence-corrected chi connectivity index (χ1v) is 12.5. The van der Waals surface area contributed by atoms with Crippen molar-refractivity contribution in [3.05, 3.63) is 63.4 Å². The quantitative estimate of drug-likeness (QED) is 0.296. The van der Waals surface area contributed by atoms with Crippen molar-refractivity contribution in [1.29, 1.82) is 0 Å². The fourth-order valence-corrected chi connectivity index (χ4v) is 5.39. The Balaban J connectivity index is 1.66. The third kappa shape index (κ3) is 6.55. The summed E-state index contributed by atoms with van der Waals surface area (Å²) in [7, 11) is 0. The van der Waals surface area contributed by atoms with E-state index in [1.54, 1.807) is 11.5 Å². The fourth-order valence-electron chi connectivity index (χ4n) is 2.87. The standard InChI is InChI=1S/C22H23BrN2O3S2/c1-2-28-21(27)14-25-18-11-10-17(23)13-19(18)30-22(25)24-20(26)9-6-12-29-15-16-7-4-3-5-8-16/h3-5,7-8,10-11,13H,2,6,9,12,14-15H2,1H3. The number of fused-ring (bicyclic) bond motifs is 1. The highest BCUT2D eigenvalue weighted by molar-refractivity contribution is 9.10. The van der Waals surface area contributed by atoms with E-state index in [0.717, 1.165) is 32.6 Å². The van der Waals surface area contributed by atoms with Crippen molar-refractivity contribution in [2.45, 2.75) is 32.1 Å². The van der Waals surface area contributed by atoms with Gasteiger partial charge in [0, 0.05) is 16.6 Å². The summed E-state index contributed by atoms with van der Waals surface area (Å²) in [5.41, 5.74) is 2.15. The Morgan fingerprint density at radius 1 is 1.20 bits per heavy atom. The summed E-state index contributed by atoms with van der Waals surface area (Å²) in [4.78, 5) is 29.3. The van der Waals surface area contributed by atoms with Crippen LogP contribution in [0.1, 0.15) is 25.3 Å². The van der Waals surface area contributed by atoms with Gasteiger partial charge >= 0.3 is 5.97 Å². The summed E-state index contributed by atoms with van der Waals surface area (Å²) in [6.07, 6.45) is 1.16. The van der Waals surface area contributed by atoms with Gasteiger partial charge in [0.05, 0.1) is 16.8 Å². The molecule has 3 aromatic rings. The van der Waals surface area contributed by atoms with Crippen molar-refractivity contribution in [3.63, 3.8) is 0 Å². The monoisotopic (exact) mass is 506 g/mol. The van der Waals surface area contributed by atoms with Crippen LogP contribution in [0.3, 0.4) is 0 Å². The maximum atomic E-state index is 12.4. The van der Waals surface area contributed by atoms with E-state index < -0.39 is 0 Å². The molecule has 0 aliphatic carbocycles. The zero-order chi connectivity index (χ0) is 21.3. The van der Waals surface area contributed by atoms with Gasteiger partial charge < -0.3 is 9.30 Å². The van der Waals surface area contributed by atoms with Crippen LogP contribution in [0.2, 0.25) is 0 Å². The second-order valence-corrected chi connectivity index (χ2v) is 9.57. The minimum Gasteiger partial charge on any atom is -0.465 e. The van der Waals surface area contributed by atoms with E-state index in [0.29, 0.717) is 17.8 Å². The number of halogens is 1. The number of hydrogen-bond acceptors (Lipinski definition) is 5. The Morgan fingerprint density at radius 2 is 2.00 bits per heavy atom. The molecule has 1 heterocycles. The largest absolute Gasteiger partial charge is 0.465 e. The highest BCUT2D eigenvalue weighted by Gasteiger charge is 2.12. The lowest BCUT2D eigenvalue weighted by Crippen LogP contribution is -2.23. The minimum atomic E-state index is -0.341. The molecule has 0 fully saturated rings. The van der Waals surface area contributed by atoms with Gasteiger partial charge in [0.1, 0.15) is 6.54 Å². The molecular weight excluding hydrogens is 484 g/mol. The number of thioether (sulfide) groups is 1. The molecule has 5 nitrogen and oxygen atoms in total. The highest BCUT2D eigenvalue weighted by atomic mass is 79.9. The molecule has 158 valence electrons. The van der Waals surface area contributed by atoms with E-state index in [2.05, 4.69) is 33.1 Å². The van der Waals surface area contributed by atoms with E-state index >= 15 is 0 Å². The zero-order valence-corrected chi connectivity index (χ0v) is 19.9. The molecule has 0 spiro atoms. The van der Waals surface area contributed by atoms with Crippen molar-refractivity contribution in [1.82, 2.24) is 4.57 Å². The normalized spacial score (nSPS) is 11.7. The van der Waals surface area contributed by atoms with E-state index in [9.17, 15) is 9.59 Å². The van der Waals surface area contributed by atoms with Crippen molar-refractivity contribution in [2.24, 2.45) is 4.99 Å². The third-order valence-electron chi connectivity index (χ3n) is 4.25. The molecule has 0 N–H and O–H groups in total. The molecule has 0 atom stereocenters. The Bertz CT molecular complexity index is 1080. The minimum absolute atomic E-state index is 0.0362. The molecule has 0 saturated carbocycles. The fraction of sp³-hybridized carbons (Fsp3) is 0.318. The van der Waals surface area contributed by atoms with Crippen LogP contribution in [0.5, 0.6) is 0 Å². The number of amides is 1. The summed E-state index contributed by atoms with van der Waals surface area (Å²) in [5.74, 6) is 1.33. The van der Waals surface area contributed by atoms with E-state index in [4.69, 9.17) is 4.74 Å². The van der Waals surface area contributed by atoms with Gasteiger partial charge in [0.2, 0.25) is 5.91 Å². The average Bonchev–Trinajstić information content (AvgIpc) is 3.04. The highest BCUT2D eigenvalue weighted by Crippen LogP contribution is 2.22. The van der Waals surface area contributed by atoms with Crippen LogP contribution >= 0.6 is 39.0 Å². The number of benzene rings is 2. The first-order valence-electron chi connectivity index (χ1n) is 9.70. The van der Waals surface area contributed by atoms with Crippen LogP contribution in [0.15, 0.2) is 58.0 Å². The smallest absolute Gasteiger partial charge is 0.326 e. The molecular formula is C22H23BrN2O3S2. The van der Waals surface area contributed by atoms with Crippen LogP contribution in [-0.4, -0.2) is 28.8 Å². The summed E-state index contributed by atoms with van der Waals surface area (Å²) in [6, 6.07) is 16.1. The molecule has 2 aromatic carbocycles. The summed E-state index contributed by atoms with van der Waals surface area (Å²) in [5, 5.41) is 0. The Kier molecular flexibility index (Phi) is 8.72. The Labute approximate surface area is 192 Å². The first kappa shape index (κ1) is 22.8. The third-order valence-corrected chi connectivity index (χ3v) is 6.90. The number of carbonyl (C=O) groups is 2. The Morgan fingerprint density at radius 3 is 2.77 bits per heavy atom. The van der Waals surface area contributed by atoms with Crippen molar-refractivity contribution in [3.8, 4) is 0 Å². The van der Waals surface area contributed by atoms with Crippen LogP contribution in [-0.2, 0) is 26.6 Å². The van der Waals surface area contributed by atoms with Crippen molar-refractivity contribution < 1.29 is 14.3 Å². The first-order chi connectivity index (χ1) is 14.6. The predicted molar refractivity (Wildman–Crippen MR) is 127 cm³/mol. The molecule has 1 aromatic heterocycles. The molecule has 0 aliphatic rings. The number of carbonyl (C=O) groups excluding carboxylic acids is 2. The zero-order valence-electron chi connectivity index (χ0n) is 16.7. The number of rotatable bonds is 9. The van der Waals surface area contributed by atoms with Crippen LogP contribution in [0, 0.1) is 0 Å². The maximum Gasteiger partial charge on any atom is 0.326 e. The summed E-state index contributed by atoms with van der Waals surface area (Å²) < 4.78 is 8.73. The topological polar surface area (TPSA) is 60.7 Å². The maximum absolute atomic E-state index is 12.4. The van der Waals surface area contributed by atoms with Crippen molar-refractivity contribution >= 4 is 61.1 Å². The number of hydrogen-bond donors (Lipinski definition) is 0. The number of thiazole rings is 1. The van der Waals surface area contributed by atoms with Gasteiger partial charge in [-0.15, -0.1) is 0 Å². The van der Waals surface area contributed by atoms with Crippen LogP contribution in [0.4, 0.5) is 0 Å². The van der Waals surface area contributed by atoms with Crippen molar-refractivity contribution in [2.75, 3.05) is 12.4 Å². The van der Waals surface area contributed by atoms with Gasteiger partial charge in [-0.2, -0.15) is 16.8 Å². The molecule has 0 aliphatic heterocycles. The number of nitrogens with zero attached hydrogens (tertiary/aromatic N) is 2. The molecule has 0 saturated heterocycles. The molecule has 8 heteroatoms.